The number of rotatable bonds is 2. The summed E-state index contributed by atoms with van der Waals surface area (Å²) in [5.41, 5.74) is -0.188. The van der Waals surface area contributed by atoms with E-state index in [1.165, 1.54) is 0 Å². The molecular weight excluding hydrogens is 213 g/mol. The van der Waals surface area contributed by atoms with Crippen molar-refractivity contribution in [1.82, 2.24) is 0 Å². The lowest BCUT2D eigenvalue weighted by Gasteiger charge is -2.05. The van der Waals surface area contributed by atoms with Crippen molar-refractivity contribution in [2.75, 3.05) is 11.9 Å². The average Bonchev–Trinajstić information content (AvgIpc) is 2.14. The van der Waals surface area contributed by atoms with Gasteiger partial charge in [0.25, 0.3) is 0 Å². The third-order valence-electron chi connectivity index (χ3n) is 1.45. The second-order valence-electron chi connectivity index (χ2n) is 2.49. The number of benzene rings is 1. The number of carbonyl (C=O) groups is 1. The van der Waals surface area contributed by atoms with E-state index in [2.05, 4.69) is 5.32 Å². The van der Waals surface area contributed by atoms with Gasteiger partial charge in [0.15, 0.2) is 0 Å². The van der Waals surface area contributed by atoms with Crippen LogP contribution >= 0.6 is 11.6 Å². The van der Waals surface area contributed by atoms with Gasteiger partial charge in [-0.15, -0.1) is 0 Å². The SMILES string of the molecule is O=C(CO)Nc1cc(Cl)c(O)cc1F. The van der Waals surface area contributed by atoms with Crippen LogP contribution in [0.3, 0.4) is 0 Å². The van der Waals surface area contributed by atoms with E-state index in [0.717, 1.165) is 12.1 Å². The highest BCUT2D eigenvalue weighted by molar-refractivity contribution is 6.32. The van der Waals surface area contributed by atoms with Gasteiger partial charge in [-0.05, 0) is 6.07 Å². The van der Waals surface area contributed by atoms with E-state index in [9.17, 15) is 9.18 Å². The Bertz CT molecular complexity index is 370. The van der Waals surface area contributed by atoms with Gasteiger partial charge in [-0.25, -0.2) is 4.39 Å². The number of hydrogen-bond donors (Lipinski definition) is 3. The molecule has 3 N–H and O–H groups in total. The summed E-state index contributed by atoms with van der Waals surface area (Å²) >= 11 is 5.48. The highest BCUT2D eigenvalue weighted by atomic mass is 35.5. The van der Waals surface area contributed by atoms with Crippen LogP contribution in [0, 0.1) is 5.82 Å². The van der Waals surface area contributed by atoms with Crippen molar-refractivity contribution >= 4 is 23.2 Å². The first-order valence-corrected chi connectivity index (χ1v) is 4.01. The topological polar surface area (TPSA) is 69.6 Å². The molecule has 0 saturated carbocycles. The molecule has 1 rings (SSSR count). The third kappa shape index (κ3) is 2.34. The Morgan fingerprint density at radius 2 is 2.21 bits per heavy atom. The Kier molecular flexibility index (Phi) is 3.27. The fourth-order valence-corrected chi connectivity index (χ4v) is 0.986. The Balaban J connectivity index is 2.98. The number of carbonyl (C=O) groups excluding carboxylic acids is 1. The number of anilines is 1. The molecule has 0 spiro atoms. The third-order valence-corrected chi connectivity index (χ3v) is 1.76. The quantitative estimate of drug-likeness (QED) is 0.653. The number of halogens is 2. The summed E-state index contributed by atoms with van der Waals surface area (Å²) in [7, 11) is 0. The first-order valence-electron chi connectivity index (χ1n) is 3.63. The summed E-state index contributed by atoms with van der Waals surface area (Å²) in [4.78, 5) is 10.7. The monoisotopic (exact) mass is 219 g/mol. The molecule has 0 aliphatic carbocycles. The molecule has 0 heterocycles. The van der Waals surface area contributed by atoms with Crippen molar-refractivity contribution in [1.29, 1.82) is 0 Å². The zero-order valence-corrected chi connectivity index (χ0v) is 7.68. The van der Waals surface area contributed by atoms with E-state index in [-0.39, 0.29) is 10.7 Å². The highest BCUT2D eigenvalue weighted by Gasteiger charge is 2.09. The molecule has 0 aliphatic rings. The lowest BCUT2D eigenvalue weighted by molar-refractivity contribution is -0.118. The molecule has 0 fully saturated rings. The fourth-order valence-electron chi connectivity index (χ4n) is 0.822. The highest BCUT2D eigenvalue weighted by Crippen LogP contribution is 2.28. The summed E-state index contributed by atoms with van der Waals surface area (Å²) in [6.07, 6.45) is 0. The molecule has 1 aromatic carbocycles. The van der Waals surface area contributed by atoms with Gasteiger partial charge < -0.3 is 15.5 Å². The van der Waals surface area contributed by atoms with Crippen molar-refractivity contribution in [3.05, 3.63) is 23.0 Å². The van der Waals surface area contributed by atoms with Crippen LogP contribution < -0.4 is 5.32 Å². The van der Waals surface area contributed by atoms with E-state index in [0.29, 0.717) is 0 Å². The van der Waals surface area contributed by atoms with Crippen LogP contribution in [0.1, 0.15) is 0 Å². The number of phenolic OH excluding ortho intramolecular Hbond substituents is 1. The predicted molar refractivity (Wildman–Crippen MR) is 48.8 cm³/mol. The Morgan fingerprint density at radius 3 is 2.79 bits per heavy atom. The zero-order chi connectivity index (χ0) is 10.7. The number of amides is 1. The molecule has 0 radical (unpaired) electrons. The average molecular weight is 220 g/mol. The molecule has 0 atom stereocenters. The zero-order valence-electron chi connectivity index (χ0n) is 6.92. The van der Waals surface area contributed by atoms with Gasteiger partial charge in [-0.3, -0.25) is 4.79 Å². The van der Waals surface area contributed by atoms with Crippen molar-refractivity contribution in [2.45, 2.75) is 0 Å². The van der Waals surface area contributed by atoms with Gasteiger partial charge in [0.1, 0.15) is 18.2 Å². The van der Waals surface area contributed by atoms with Crippen molar-refractivity contribution in [3.63, 3.8) is 0 Å². The van der Waals surface area contributed by atoms with Crippen LogP contribution in [-0.2, 0) is 4.79 Å². The van der Waals surface area contributed by atoms with Gasteiger partial charge in [0, 0.05) is 6.07 Å². The second-order valence-corrected chi connectivity index (χ2v) is 2.90. The minimum absolute atomic E-state index is 0.0837. The maximum atomic E-state index is 13.0. The van der Waals surface area contributed by atoms with E-state index in [1.807, 2.05) is 0 Å². The van der Waals surface area contributed by atoms with Gasteiger partial charge >= 0.3 is 0 Å². The smallest absolute Gasteiger partial charge is 0.250 e. The molecule has 6 heteroatoms. The number of hydrogen-bond acceptors (Lipinski definition) is 3. The minimum atomic E-state index is -0.825. The molecular formula is C8H7ClFNO3. The first kappa shape index (κ1) is 10.7. The molecule has 1 aromatic rings. The Labute approximate surface area is 83.9 Å². The standard InChI is InChI=1S/C8H7ClFNO3/c9-4-1-6(11-8(14)3-12)5(10)2-7(4)13/h1-2,12-13H,3H2,(H,11,14). The van der Waals surface area contributed by atoms with Gasteiger partial charge in [-0.1, -0.05) is 11.6 Å². The van der Waals surface area contributed by atoms with E-state index >= 15 is 0 Å². The number of phenols is 1. The summed E-state index contributed by atoms with van der Waals surface area (Å²) < 4.78 is 13.0. The molecule has 76 valence electrons. The van der Waals surface area contributed by atoms with Crippen molar-refractivity contribution in [3.8, 4) is 5.75 Å². The van der Waals surface area contributed by atoms with Crippen LogP contribution in [0.2, 0.25) is 5.02 Å². The number of aliphatic hydroxyl groups excluding tert-OH is 1. The van der Waals surface area contributed by atoms with Crippen LogP contribution in [0.5, 0.6) is 5.75 Å². The second kappa shape index (κ2) is 4.26. The van der Waals surface area contributed by atoms with E-state index in [1.54, 1.807) is 0 Å². The maximum Gasteiger partial charge on any atom is 0.250 e. The summed E-state index contributed by atoms with van der Waals surface area (Å²) in [5.74, 6) is -1.99. The lowest BCUT2D eigenvalue weighted by atomic mass is 10.3. The van der Waals surface area contributed by atoms with Crippen LogP contribution in [0.4, 0.5) is 10.1 Å². The Morgan fingerprint density at radius 1 is 1.57 bits per heavy atom. The summed E-state index contributed by atoms with van der Waals surface area (Å²) in [5, 5.41) is 19.4. The summed E-state index contributed by atoms with van der Waals surface area (Å²) in [6.45, 7) is -0.752. The first-order chi connectivity index (χ1) is 6.54. The molecule has 1 amide bonds. The lowest BCUT2D eigenvalue weighted by Crippen LogP contribution is -2.16. The molecule has 0 bridgehead atoms. The van der Waals surface area contributed by atoms with Crippen molar-refractivity contribution < 1.29 is 19.4 Å². The van der Waals surface area contributed by atoms with Crippen LogP contribution in [-0.4, -0.2) is 22.7 Å². The molecule has 0 aliphatic heterocycles. The number of nitrogens with one attached hydrogen (secondary N) is 1. The molecule has 0 saturated heterocycles. The maximum absolute atomic E-state index is 13.0. The molecule has 14 heavy (non-hydrogen) atoms. The van der Waals surface area contributed by atoms with E-state index in [4.69, 9.17) is 21.8 Å². The number of aliphatic hydroxyl groups is 1. The van der Waals surface area contributed by atoms with Gasteiger partial charge in [-0.2, -0.15) is 0 Å². The number of aromatic hydroxyl groups is 1. The molecule has 4 nitrogen and oxygen atoms in total. The minimum Gasteiger partial charge on any atom is -0.506 e. The Hall–Kier alpha value is -1.33. The molecule has 0 aromatic heterocycles. The fraction of sp³-hybridized carbons (Fsp3) is 0.125. The molecule has 0 unspecified atom stereocenters. The van der Waals surface area contributed by atoms with Gasteiger partial charge in [0.05, 0.1) is 10.7 Å². The largest absolute Gasteiger partial charge is 0.506 e. The summed E-state index contributed by atoms with van der Waals surface area (Å²) in [6, 6.07) is 1.83. The predicted octanol–water partition coefficient (Wildman–Crippen LogP) is 1.12. The van der Waals surface area contributed by atoms with Gasteiger partial charge in [0.2, 0.25) is 5.91 Å². The van der Waals surface area contributed by atoms with Crippen LogP contribution in [0.25, 0.3) is 0 Å². The van der Waals surface area contributed by atoms with E-state index < -0.39 is 24.1 Å². The normalized spacial score (nSPS) is 9.93. The van der Waals surface area contributed by atoms with Crippen LogP contribution in [0.15, 0.2) is 12.1 Å². The van der Waals surface area contributed by atoms with Crippen molar-refractivity contribution in [2.24, 2.45) is 0 Å².